The van der Waals surface area contributed by atoms with E-state index in [0.717, 1.165) is 16.7 Å². The molecule has 10 heteroatoms. The lowest BCUT2D eigenvalue weighted by Gasteiger charge is -2.38. The number of nitrogens with zero attached hydrogens (tertiary/aromatic N) is 1. The summed E-state index contributed by atoms with van der Waals surface area (Å²) in [6.07, 6.45) is 1.51. The number of nitrogens with one attached hydrogen (secondary N) is 2. The van der Waals surface area contributed by atoms with E-state index in [-0.39, 0.29) is 30.2 Å². The highest BCUT2D eigenvalue weighted by Gasteiger charge is 2.34. The minimum absolute atomic E-state index is 0.111. The minimum atomic E-state index is -0.645. The van der Waals surface area contributed by atoms with Crippen molar-refractivity contribution in [1.29, 1.82) is 0 Å². The number of H-pyrrole nitrogens is 1. The first kappa shape index (κ1) is 29.0. The summed E-state index contributed by atoms with van der Waals surface area (Å²) in [6.45, 7) is 2.83. The molecule has 3 aliphatic heterocycles. The van der Waals surface area contributed by atoms with Crippen molar-refractivity contribution in [3.8, 4) is 23.0 Å². The van der Waals surface area contributed by atoms with E-state index in [1.807, 2.05) is 42.2 Å². The number of benzene rings is 3. The molecule has 0 fully saturated rings. The van der Waals surface area contributed by atoms with Crippen LogP contribution in [-0.4, -0.2) is 48.5 Å². The van der Waals surface area contributed by atoms with Crippen LogP contribution >= 0.6 is 0 Å². The van der Waals surface area contributed by atoms with Crippen molar-refractivity contribution in [2.75, 3.05) is 26.8 Å². The first-order chi connectivity index (χ1) is 21.4. The molecule has 0 saturated carbocycles. The SMILES string of the molecule is CCc1[nH]c(=O)ccc1C(=O)N1CCc2cc3ccc2C1c1ccc(OC)c(c1)OCCCNC(=O)c1cc(ccc1F)O3. The molecule has 4 aromatic rings. The molecule has 2 amide bonds. The molecule has 9 nitrogen and oxygen atoms in total. The Kier molecular flexibility index (Phi) is 8.06. The molecule has 3 aromatic carbocycles. The molecule has 2 N–H and O–H groups in total. The smallest absolute Gasteiger partial charge is 0.256 e. The predicted molar refractivity (Wildman–Crippen MR) is 161 cm³/mol. The number of carbonyl (C=O) groups is 2. The van der Waals surface area contributed by atoms with E-state index in [2.05, 4.69) is 10.3 Å². The highest BCUT2D eigenvalue weighted by molar-refractivity contribution is 5.96. The van der Waals surface area contributed by atoms with Gasteiger partial charge in [0.25, 0.3) is 11.8 Å². The fourth-order valence-electron chi connectivity index (χ4n) is 5.80. The first-order valence-corrected chi connectivity index (χ1v) is 14.6. The Morgan fingerprint density at radius 3 is 2.68 bits per heavy atom. The second kappa shape index (κ2) is 12.2. The average molecular weight is 598 g/mol. The molecule has 226 valence electrons. The van der Waals surface area contributed by atoms with E-state index in [0.29, 0.717) is 60.1 Å². The number of ether oxygens (including phenoxy) is 3. The van der Waals surface area contributed by atoms with Gasteiger partial charge in [-0.05, 0) is 84.5 Å². The quantitative estimate of drug-likeness (QED) is 0.337. The number of aryl methyl sites for hydroxylation is 1. The molecular formula is C34H32FN3O6. The van der Waals surface area contributed by atoms with E-state index in [4.69, 9.17) is 14.2 Å². The van der Waals surface area contributed by atoms with Gasteiger partial charge in [0.1, 0.15) is 17.3 Å². The van der Waals surface area contributed by atoms with E-state index >= 15 is 0 Å². The van der Waals surface area contributed by atoms with Crippen LogP contribution in [0.2, 0.25) is 0 Å². The largest absolute Gasteiger partial charge is 0.493 e. The third-order valence-corrected chi connectivity index (χ3v) is 7.97. The minimum Gasteiger partial charge on any atom is -0.493 e. The number of hydrogen-bond acceptors (Lipinski definition) is 6. The Labute approximate surface area is 253 Å². The van der Waals surface area contributed by atoms with Gasteiger partial charge in [-0.2, -0.15) is 0 Å². The highest BCUT2D eigenvalue weighted by Crippen LogP contribution is 2.41. The number of aromatic nitrogens is 1. The summed E-state index contributed by atoms with van der Waals surface area (Å²) in [5, 5.41) is 2.74. The van der Waals surface area contributed by atoms with Crippen molar-refractivity contribution in [3.05, 3.63) is 116 Å². The van der Waals surface area contributed by atoms with Gasteiger partial charge in [0.15, 0.2) is 11.5 Å². The number of halogens is 1. The van der Waals surface area contributed by atoms with Crippen LogP contribution < -0.4 is 25.1 Å². The van der Waals surface area contributed by atoms with Crippen LogP contribution in [-0.2, 0) is 12.8 Å². The number of carbonyl (C=O) groups excluding carboxylic acids is 2. The summed E-state index contributed by atoms with van der Waals surface area (Å²) in [6, 6.07) is 17.8. The number of hydrogen-bond donors (Lipinski definition) is 2. The van der Waals surface area contributed by atoms with Crippen LogP contribution in [0.3, 0.4) is 0 Å². The van der Waals surface area contributed by atoms with Crippen LogP contribution in [0.5, 0.6) is 23.0 Å². The second-order valence-corrected chi connectivity index (χ2v) is 10.7. The zero-order chi connectivity index (χ0) is 30.8. The molecule has 0 radical (unpaired) electrons. The van der Waals surface area contributed by atoms with Gasteiger partial charge in [-0.25, -0.2) is 4.39 Å². The highest BCUT2D eigenvalue weighted by atomic mass is 19.1. The molecule has 8 bridgehead atoms. The average Bonchev–Trinajstić information content (AvgIpc) is 3.03. The summed E-state index contributed by atoms with van der Waals surface area (Å²) in [4.78, 5) is 43.5. The fraction of sp³-hybridized carbons (Fsp3) is 0.265. The maximum Gasteiger partial charge on any atom is 0.256 e. The van der Waals surface area contributed by atoms with Crippen molar-refractivity contribution < 1.29 is 28.2 Å². The molecule has 1 atom stereocenters. The van der Waals surface area contributed by atoms with Crippen molar-refractivity contribution >= 4 is 11.8 Å². The molecule has 0 aliphatic carbocycles. The van der Waals surface area contributed by atoms with E-state index in [1.54, 1.807) is 19.2 Å². The number of pyridine rings is 1. The van der Waals surface area contributed by atoms with Crippen LogP contribution in [0.15, 0.2) is 71.5 Å². The van der Waals surface area contributed by atoms with Gasteiger partial charge in [-0.1, -0.05) is 19.1 Å². The lowest BCUT2D eigenvalue weighted by molar-refractivity contribution is 0.0692. The number of methoxy groups -OCH3 is 1. The van der Waals surface area contributed by atoms with E-state index < -0.39 is 17.8 Å². The molecule has 0 spiro atoms. The van der Waals surface area contributed by atoms with Gasteiger partial charge < -0.3 is 29.4 Å². The number of fused-ring (bicyclic) bond motifs is 6. The van der Waals surface area contributed by atoms with Crippen LogP contribution in [0.25, 0.3) is 0 Å². The fourth-order valence-corrected chi connectivity index (χ4v) is 5.80. The van der Waals surface area contributed by atoms with Gasteiger partial charge in [0, 0.05) is 24.8 Å². The zero-order valence-corrected chi connectivity index (χ0v) is 24.4. The Morgan fingerprint density at radius 2 is 1.86 bits per heavy atom. The van der Waals surface area contributed by atoms with Crippen LogP contribution in [0.1, 0.15) is 62.5 Å². The maximum atomic E-state index is 14.6. The maximum absolute atomic E-state index is 14.6. The molecule has 44 heavy (non-hydrogen) atoms. The summed E-state index contributed by atoms with van der Waals surface area (Å²) in [5.41, 5.74) is 3.39. The molecule has 3 aliphatic rings. The summed E-state index contributed by atoms with van der Waals surface area (Å²) < 4.78 is 32.3. The van der Waals surface area contributed by atoms with Gasteiger partial charge in [0.2, 0.25) is 5.56 Å². The lowest BCUT2D eigenvalue weighted by atomic mass is 9.87. The molecule has 1 aromatic heterocycles. The summed E-state index contributed by atoms with van der Waals surface area (Å²) >= 11 is 0. The Morgan fingerprint density at radius 1 is 1.05 bits per heavy atom. The van der Waals surface area contributed by atoms with Gasteiger partial charge in [0.05, 0.1) is 30.9 Å². The lowest BCUT2D eigenvalue weighted by Crippen LogP contribution is -2.41. The first-order valence-electron chi connectivity index (χ1n) is 14.6. The summed E-state index contributed by atoms with van der Waals surface area (Å²) in [7, 11) is 1.55. The molecular weight excluding hydrogens is 565 g/mol. The third-order valence-electron chi connectivity index (χ3n) is 7.97. The Bertz CT molecular complexity index is 1800. The van der Waals surface area contributed by atoms with Crippen molar-refractivity contribution in [2.45, 2.75) is 32.2 Å². The predicted octanol–water partition coefficient (Wildman–Crippen LogP) is 5.18. The number of amides is 2. The van der Waals surface area contributed by atoms with Gasteiger partial charge in [-0.15, -0.1) is 0 Å². The molecule has 7 rings (SSSR count). The van der Waals surface area contributed by atoms with Crippen molar-refractivity contribution in [1.82, 2.24) is 15.2 Å². The molecule has 1 unspecified atom stereocenters. The van der Waals surface area contributed by atoms with Gasteiger partial charge in [-0.3, -0.25) is 14.4 Å². The number of rotatable bonds is 3. The summed E-state index contributed by atoms with van der Waals surface area (Å²) in [5.74, 6) is 0.494. The van der Waals surface area contributed by atoms with E-state index in [9.17, 15) is 18.8 Å². The van der Waals surface area contributed by atoms with Crippen molar-refractivity contribution in [2.24, 2.45) is 0 Å². The zero-order valence-electron chi connectivity index (χ0n) is 24.4. The van der Waals surface area contributed by atoms with Gasteiger partial charge >= 0.3 is 0 Å². The van der Waals surface area contributed by atoms with E-state index in [1.165, 1.54) is 24.3 Å². The second-order valence-electron chi connectivity index (χ2n) is 10.7. The third kappa shape index (κ3) is 5.62. The normalized spacial score (nSPS) is 16.2. The number of aromatic amines is 1. The monoisotopic (exact) mass is 597 g/mol. The standard InChI is InChI=1S/C34H32FN3O6/c1-3-28-25(9-12-31(39)37-28)34(41)38-15-13-20-17-22-6-8-24(20)32(38)21-5-11-29(42-2)30(18-21)43-16-4-14-36-33(40)26-19-23(44-22)7-10-27(26)35/h5-12,17-19,32H,3-4,13-16H2,1-2H3,(H,36,40)(H,37,39). The Hall–Kier alpha value is -5.12. The van der Waals surface area contributed by atoms with Crippen molar-refractivity contribution in [3.63, 3.8) is 0 Å². The molecule has 4 heterocycles. The Balaban J connectivity index is 1.47. The van der Waals surface area contributed by atoms with Crippen LogP contribution in [0, 0.1) is 5.82 Å². The topological polar surface area (TPSA) is 110 Å². The van der Waals surface area contributed by atoms with Crippen LogP contribution in [0.4, 0.5) is 4.39 Å². The molecule has 0 saturated heterocycles.